The summed E-state index contributed by atoms with van der Waals surface area (Å²) in [5.74, 6) is -0.456. The van der Waals surface area contributed by atoms with Gasteiger partial charge in [0.05, 0.1) is 5.92 Å². The van der Waals surface area contributed by atoms with Crippen molar-refractivity contribution in [3.8, 4) is 0 Å². The lowest BCUT2D eigenvalue weighted by Gasteiger charge is -2.36. The Hall–Kier alpha value is -1.49. The fourth-order valence-corrected chi connectivity index (χ4v) is 4.11. The zero-order chi connectivity index (χ0) is 17.3. The van der Waals surface area contributed by atoms with Crippen LogP contribution < -0.4 is 0 Å². The molecule has 5 heteroatoms. The van der Waals surface area contributed by atoms with Crippen molar-refractivity contribution < 1.29 is 19.1 Å². The van der Waals surface area contributed by atoms with Crippen molar-refractivity contribution in [1.29, 1.82) is 0 Å². The number of ether oxygens (including phenoxy) is 1. The van der Waals surface area contributed by atoms with Crippen LogP contribution in [-0.4, -0.2) is 23.6 Å². The Bertz CT molecular complexity index is 636. The minimum absolute atomic E-state index is 0.00697. The predicted octanol–water partition coefficient (Wildman–Crippen LogP) is 3.96. The zero-order valence-electron chi connectivity index (χ0n) is 13.7. The van der Waals surface area contributed by atoms with E-state index >= 15 is 0 Å². The molecular formula is C19H21BrO4. The molecule has 2 aliphatic rings. The van der Waals surface area contributed by atoms with E-state index in [1.165, 1.54) is 0 Å². The SMILES string of the molecule is C[C@H](OC(=O)C1C[C@H]2CCC[C@@H](C1)C2=O)C(=O)c1ccc(Br)cc1. The van der Waals surface area contributed by atoms with Crippen LogP contribution in [0.5, 0.6) is 0 Å². The van der Waals surface area contributed by atoms with Crippen molar-refractivity contribution in [2.75, 3.05) is 0 Å². The molecular weight excluding hydrogens is 372 g/mol. The number of halogens is 1. The van der Waals surface area contributed by atoms with Crippen LogP contribution in [0.4, 0.5) is 0 Å². The molecule has 2 aliphatic carbocycles. The van der Waals surface area contributed by atoms with Crippen LogP contribution in [0.1, 0.15) is 49.4 Å². The molecule has 2 bridgehead atoms. The van der Waals surface area contributed by atoms with Crippen LogP contribution in [0, 0.1) is 17.8 Å². The summed E-state index contributed by atoms with van der Waals surface area (Å²) < 4.78 is 6.32. The lowest BCUT2D eigenvalue weighted by molar-refractivity contribution is -0.155. The summed E-state index contributed by atoms with van der Waals surface area (Å²) in [7, 11) is 0. The number of hydrogen-bond donors (Lipinski definition) is 0. The number of rotatable bonds is 4. The number of hydrogen-bond acceptors (Lipinski definition) is 4. The summed E-state index contributed by atoms with van der Waals surface area (Å²) in [6.07, 6.45) is 3.18. The first-order chi connectivity index (χ1) is 11.5. The maximum Gasteiger partial charge on any atom is 0.309 e. The van der Waals surface area contributed by atoms with Crippen molar-refractivity contribution in [3.63, 3.8) is 0 Å². The molecule has 2 saturated carbocycles. The van der Waals surface area contributed by atoms with Crippen LogP contribution >= 0.6 is 15.9 Å². The number of carbonyl (C=O) groups is 3. The number of fused-ring (bicyclic) bond motifs is 2. The molecule has 1 aromatic rings. The number of carbonyl (C=O) groups excluding carboxylic acids is 3. The van der Waals surface area contributed by atoms with Gasteiger partial charge < -0.3 is 4.74 Å². The second kappa shape index (κ2) is 7.18. The highest BCUT2D eigenvalue weighted by molar-refractivity contribution is 9.10. The van der Waals surface area contributed by atoms with Crippen LogP contribution in [0.2, 0.25) is 0 Å². The van der Waals surface area contributed by atoms with Crippen molar-refractivity contribution >= 4 is 33.5 Å². The van der Waals surface area contributed by atoms with E-state index in [0.29, 0.717) is 24.2 Å². The number of Topliss-reactive ketones (excluding diaryl/α,β-unsaturated/α-hetero) is 2. The number of ketones is 2. The average Bonchev–Trinajstić information content (AvgIpc) is 2.54. The molecule has 4 atom stereocenters. The van der Waals surface area contributed by atoms with Crippen molar-refractivity contribution in [3.05, 3.63) is 34.3 Å². The first-order valence-electron chi connectivity index (χ1n) is 8.49. The highest BCUT2D eigenvalue weighted by atomic mass is 79.9. The standard InChI is InChI=1S/C19H21BrO4/c1-11(17(21)12-5-7-16(20)8-6-12)24-19(23)15-9-13-3-2-4-14(10-15)18(13)22/h5-8,11,13-15H,2-4,9-10H2,1H3/t11-,13-,14+,15?/m0/s1. The molecule has 0 radical (unpaired) electrons. The molecule has 0 aliphatic heterocycles. The molecule has 1 aromatic carbocycles. The van der Waals surface area contributed by atoms with Gasteiger partial charge in [0, 0.05) is 21.9 Å². The van der Waals surface area contributed by atoms with Gasteiger partial charge in [0.2, 0.25) is 5.78 Å². The topological polar surface area (TPSA) is 60.4 Å². The minimum atomic E-state index is -0.809. The van der Waals surface area contributed by atoms with Gasteiger partial charge in [-0.25, -0.2) is 0 Å². The van der Waals surface area contributed by atoms with Crippen LogP contribution in [0.15, 0.2) is 28.7 Å². The van der Waals surface area contributed by atoms with Gasteiger partial charge in [-0.3, -0.25) is 14.4 Å². The van der Waals surface area contributed by atoms with Crippen molar-refractivity contribution in [2.24, 2.45) is 17.8 Å². The second-order valence-electron chi connectivity index (χ2n) is 6.85. The van der Waals surface area contributed by atoms with Gasteiger partial charge in [-0.1, -0.05) is 34.5 Å². The summed E-state index contributed by atoms with van der Waals surface area (Å²) in [6, 6.07) is 6.99. The molecule has 0 saturated heterocycles. The summed E-state index contributed by atoms with van der Waals surface area (Å²) in [4.78, 5) is 36.9. The van der Waals surface area contributed by atoms with Gasteiger partial charge in [0.1, 0.15) is 5.78 Å². The molecule has 0 aromatic heterocycles. The summed E-state index contributed by atoms with van der Waals surface area (Å²) in [6.45, 7) is 1.61. The largest absolute Gasteiger partial charge is 0.454 e. The Kier molecular flexibility index (Phi) is 5.18. The highest BCUT2D eigenvalue weighted by Gasteiger charge is 2.42. The Balaban J connectivity index is 1.61. The maximum absolute atomic E-state index is 12.4. The molecule has 0 heterocycles. The molecule has 4 nitrogen and oxygen atoms in total. The van der Waals surface area contributed by atoms with E-state index in [4.69, 9.17) is 4.74 Å². The van der Waals surface area contributed by atoms with Gasteiger partial charge in [0.25, 0.3) is 0 Å². The van der Waals surface area contributed by atoms with Gasteiger partial charge in [-0.15, -0.1) is 0 Å². The minimum Gasteiger partial charge on any atom is -0.454 e. The van der Waals surface area contributed by atoms with Gasteiger partial charge in [-0.05, 0) is 44.7 Å². The highest BCUT2D eigenvalue weighted by Crippen LogP contribution is 2.40. The Morgan fingerprint density at radius 2 is 1.71 bits per heavy atom. The average molecular weight is 393 g/mol. The third-order valence-electron chi connectivity index (χ3n) is 5.17. The molecule has 0 amide bonds. The lowest BCUT2D eigenvalue weighted by Crippen LogP contribution is -2.40. The first kappa shape index (κ1) is 17.3. The molecule has 1 unspecified atom stereocenters. The van der Waals surface area contributed by atoms with Crippen LogP contribution in [0.25, 0.3) is 0 Å². The second-order valence-corrected chi connectivity index (χ2v) is 7.76. The molecule has 3 rings (SSSR count). The van der Waals surface area contributed by atoms with Crippen molar-refractivity contribution in [2.45, 2.75) is 45.1 Å². The fourth-order valence-electron chi connectivity index (χ4n) is 3.84. The van der Waals surface area contributed by atoms with E-state index in [-0.39, 0.29) is 29.5 Å². The predicted molar refractivity (Wildman–Crippen MR) is 92.6 cm³/mol. The third kappa shape index (κ3) is 3.61. The summed E-state index contributed by atoms with van der Waals surface area (Å²) in [5, 5.41) is 0. The zero-order valence-corrected chi connectivity index (χ0v) is 15.3. The Morgan fingerprint density at radius 3 is 2.29 bits per heavy atom. The third-order valence-corrected chi connectivity index (χ3v) is 5.70. The molecule has 24 heavy (non-hydrogen) atoms. The van der Waals surface area contributed by atoms with E-state index in [9.17, 15) is 14.4 Å². The quantitative estimate of drug-likeness (QED) is 0.574. The smallest absolute Gasteiger partial charge is 0.309 e. The number of esters is 1. The molecule has 0 spiro atoms. The van der Waals surface area contributed by atoms with E-state index in [0.717, 1.165) is 23.7 Å². The molecule has 128 valence electrons. The monoisotopic (exact) mass is 392 g/mol. The van der Waals surface area contributed by atoms with E-state index in [1.807, 2.05) is 0 Å². The number of benzene rings is 1. The van der Waals surface area contributed by atoms with E-state index < -0.39 is 6.10 Å². The lowest BCUT2D eigenvalue weighted by atomic mass is 9.67. The van der Waals surface area contributed by atoms with Crippen LogP contribution in [-0.2, 0) is 14.3 Å². The molecule has 0 N–H and O–H groups in total. The van der Waals surface area contributed by atoms with E-state index in [2.05, 4.69) is 15.9 Å². The Labute approximate surface area is 150 Å². The summed E-state index contributed by atoms with van der Waals surface area (Å²) >= 11 is 3.33. The maximum atomic E-state index is 12.4. The Morgan fingerprint density at radius 1 is 1.12 bits per heavy atom. The van der Waals surface area contributed by atoms with Gasteiger partial charge in [0.15, 0.2) is 6.10 Å². The molecule has 2 fully saturated rings. The fraction of sp³-hybridized carbons (Fsp3) is 0.526. The van der Waals surface area contributed by atoms with Crippen molar-refractivity contribution in [1.82, 2.24) is 0 Å². The van der Waals surface area contributed by atoms with Crippen LogP contribution in [0.3, 0.4) is 0 Å². The first-order valence-corrected chi connectivity index (χ1v) is 9.29. The van der Waals surface area contributed by atoms with E-state index in [1.54, 1.807) is 31.2 Å². The normalized spacial score (nSPS) is 27.4. The summed E-state index contributed by atoms with van der Waals surface area (Å²) in [5.41, 5.74) is 0.522. The van der Waals surface area contributed by atoms with Gasteiger partial charge in [-0.2, -0.15) is 0 Å². The van der Waals surface area contributed by atoms with Gasteiger partial charge >= 0.3 is 5.97 Å².